The summed E-state index contributed by atoms with van der Waals surface area (Å²) in [6.45, 7) is 9.22. The number of nitrogens with one attached hydrogen (secondary N) is 1. The first-order valence-electron chi connectivity index (χ1n) is 6.08. The molecule has 0 bridgehead atoms. The minimum absolute atomic E-state index is 0.0320. The molecule has 3 atom stereocenters. The van der Waals surface area contributed by atoms with Crippen LogP contribution in [0.15, 0.2) is 0 Å². The van der Waals surface area contributed by atoms with Gasteiger partial charge in [-0.25, -0.2) is 0 Å². The van der Waals surface area contributed by atoms with Crippen molar-refractivity contribution in [1.29, 1.82) is 0 Å². The summed E-state index contributed by atoms with van der Waals surface area (Å²) in [5.74, 6) is 0.440. The van der Waals surface area contributed by atoms with E-state index < -0.39 is 0 Å². The predicted molar refractivity (Wildman–Crippen MR) is 64.0 cm³/mol. The Morgan fingerprint density at radius 2 is 2.25 bits per heavy atom. The fourth-order valence-corrected chi connectivity index (χ4v) is 1.65. The molecule has 4 heteroatoms. The summed E-state index contributed by atoms with van der Waals surface area (Å²) >= 11 is 0. The SMILES string of the molecule is CCOC1CC1C(=O)NC(C)(CN)C(C)C. The van der Waals surface area contributed by atoms with E-state index in [9.17, 15) is 4.79 Å². The van der Waals surface area contributed by atoms with E-state index in [1.165, 1.54) is 0 Å². The van der Waals surface area contributed by atoms with Gasteiger partial charge in [-0.1, -0.05) is 13.8 Å². The van der Waals surface area contributed by atoms with Crippen molar-refractivity contribution in [2.45, 2.75) is 45.8 Å². The average Bonchev–Trinajstić information content (AvgIpc) is 2.97. The number of ether oxygens (including phenoxy) is 1. The third-order valence-electron chi connectivity index (χ3n) is 3.56. The van der Waals surface area contributed by atoms with E-state index in [1.807, 2.05) is 13.8 Å². The van der Waals surface area contributed by atoms with Gasteiger partial charge in [-0.05, 0) is 26.2 Å². The molecule has 0 aliphatic heterocycles. The molecule has 0 saturated heterocycles. The highest BCUT2D eigenvalue weighted by atomic mass is 16.5. The lowest BCUT2D eigenvalue weighted by Crippen LogP contribution is -2.55. The van der Waals surface area contributed by atoms with E-state index in [2.05, 4.69) is 19.2 Å². The number of rotatable bonds is 6. The van der Waals surface area contributed by atoms with Crippen LogP contribution in [0.4, 0.5) is 0 Å². The van der Waals surface area contributed by atoms with Gasteiger partial charge in [0.05, 0.1) is 17.6 Å². The number of carbonyl (C=O) groups excluding carboxylic acids is 1. The van der Waals surface area contributed by atoms with Crippen LogP contribution in [0.2, 0.25) is 0 Å². The predicted octanol–water partition coefficient (Wildman–Crippen LogP) is 0.901. The van der Waals surface area contributed by atoms with Gasteiger partial charge in [0.1, 0.15) is 0 Å². The molecule has 0 heterocycles. The van der Waals surface area contributed by atoms with Crippen LogP contribution in [0.5, 0.6) is 0 Å². The highest BCUT2D eigenvalue weighted by Gasteiger charge is 2.45. The number of hydrogen-bond acceptors (Lipinski definition) is 3. The summed E-state index contributed by atoms with van der Waals surface area (Å²) in [4.78, 5) is 11.9. The average molecular weight is 228 g/mol. The molecule has 1 fully saturated rings. The Bertz CT molecular complexity index is 255. The van der Waals surface area contributed by atoms with Crippen LogP contribution >= 0.6 is 0 Å². The monoisotopic (exact) mass is 228 g/mol. The molecule has 0 aromatic rings. The number of hydrogen-bond donors (Lipinski definition) is 2. The van der Waals surface area contributed by atoms with E-state index in [0.717, 1.165) is 6.42 Å². The molecule has 1 amide bonds. The maximum atomic E-state index is 11.9. The van der Waals surface area contributed by atoms with Crippen LogP contribution in [-0.2, 0) is 9.53 Å². The van der Waals surface area contributed by atoms with Gasteiger partial charge < -0.3 is 15.8 Å². The minimum Gasteiger partial charge on any atom is -0.378 e. The fourth-order valence-electron chi connectivity index (χ4n) is 1.65. The van der Waals surface area contributed by atoms with Crippen LogP contribution in [-0.4, -0.2) is 30.7 Å². The summed E-state index contributed by atoms with van der Waals surface area (Å²) in [6.07, 6.45) is 0.970. The summed E-state index contributed by atoms with van der Waals surface area (Å²) in [5, 5.41) is 3.05. The van der Waals surface area contributed by atoms with Crippen molar-refractivity contribution < 1.29 is 9.53 Å². The Labute approximate surface area is 97.9 Å². The second kappa shape index (κ2) is 5.15. The Balaban J connectivity index is 2.45. The van der Waals surface area contributed by atoms with E-state index >= 15 is 0 Å². The second-order valence-electron chi connectivity index (χ2n) is 5.10. The molecule has 1 saturated carbocycles. The maximum Gasteiger partial charge on any atom is 0.226 e. The maximum absolute atomic E-state index is 11.9. The van der Waals surface area contributed by atoms with Gasteiger partial charge in [0.25, 0.3) is 0 Å². The fraction of sp³-hybridized carbons (Fsp3) is 0.917. The third-order valence-corrected chi connectivity index (χ3v) is 3.56. The quantitative estimate of drug-likeness (QED) is 0.710. The van der Waals surface area contributed by atoms with Gasteiger partial charge in [-0.3, -0.25) is 4.79 Å². The molecule has 0 aromatic carbocycles. The summed E-state index contributed by atoms with van der Waals surface area (Å²) in [7, 11) is 0. The van der Waals surface area contributed by atoms with Gasteiger partial charge in [-0.2, -0.15) is 0 Å². The van der Waals surface area contributed by atoms with Crippen molar-refractivity contribution in [3.63, 3.8) is 0 Å². The summed E-state index contributed by atoms with van der Waals surface area (Å²) in [6, 6.07) is 0. The van der Waals surface area contributed by atoms with Gasteiger partial charge in [-0.15, -0.1) is 0 Å². The largest absolute Gasteiger partial charge is 0.378 e. The minimum atomic E-state index is -0.309. The smallest absolute Gasteiger partial charge is 0.226 e. The molecule has 0 radical (unpaired) electrons. The molecule has 3 unspecified atom stereocenters. The molecule has 1 rings (SSSR count). The molecule has 0 spiro atoms. The first-order chi connectivity index (χ1) is 7.44. The van der Waals surface area contributed by atoms with Gasteiger partial charge in [0.2, 0.25) is 5.91 Å². The lowest BCUT2D eigenvalue weighted by atomic mass is 9.88. The van der Waals surface area contributed by atoms with Gasteiger partial charge in [0.15, 0.2) is 0 Å². The van der Waals surface area contributed by atoms with Crippen LogP contribution < -0.4 is 11.1 Å². The first kappa shape index (κ1) is 13.5. The van der Waals surface area contributed by atoms with E-state index in [1.54, 1.807) is 0 Å². The van der Waals surface area contributed by atoms with Crippen LogP contribution in [0, 0.1) is 11.8 Å². The van der Waals surface area contributed by atoms with E-state index in [-0.39, 0.29) is 23.5 Å². The molecule has 1 aliphatic rings. The Hall–Kier alpha value is -0.610. The molecule has 3 N–H and O–H groups in total. The summed E-state index contributed by atoms with van der Waals surface area (Å²) < 4.78 is 5.40. The van der Waals surface area contributed by atoms with Crippen molar-refractivity contribution in [3.05, 3.63) is 0 Å². The highest BCUT2D eigenvalue weighted by molar-refractivity contribution is 5.82. The normalized spacial score (nSPS) is 27.6. The topological polar surface area (TPSA) is 64.3 Å². The van der Waals surface area contributed by atoms with Crippen LogP contribution in [0.25, 0.3) is 0 Å². The molecule has 16 heavy (non-hydrogen) atoms. The molecular formula is C12H24N2O2. The number of nitrogens with two attached hydrogens (primary N) is 1. The lowest BCUT2D eigenvalue weighted by molar-refractivity contribution is -0.125. The van der Waals surface area contributed by atoms with Crippen molar-refractivity contribution in [2.24, 2.45) is 17.6 Å². The molecular weight excluding hydrogens is 204 g/mol. The second-order valence-corrected chi connectivity index (χ2v) is 5.10. The lowest BCUT2D eigenvalue weighted by Gasteiger charge is -2.33. The zero-order valence-electron chi connectivity index (χ0n) is 10.7. The van der Waals surface area contributed by atoms with E-state index in [4.69, 9.17) is 10.5 Å². The van der Waals surface area contributed by atoms with Gasteiger partial charge >= 0.3 is 0 Å². The number of carbonyl (C=O) groups is 1. The highest BCUT2D eigenvalue weighted by Crippen LogP contribution is 2.34. The van der Waals surface area contributed by atoms with Crippen molar-refractivity contribution in [1.82, 2.24) is 5.32 Å². The van der Waals surface area contributed by atoms with E-state index in [0.29, 0.717) is 19.1 Å². The first-order valence-corrected chi connectivity index (χ1v) is 6.08. The van der Waals surface area contributed by atoms with Crippen molar-refractivity contribution >= 4 is 5.91 Å². The Kier molecular flexibility index (Phi) is 4.33. The van der Waals surface area contributed by atoms with Crippen molar-refractivity contribution in [3.8, 4) is 0 Å². The zero-order valence-corrected chi connectivity index (χ0v) is 10.7. The summed E-state index contributed by atoms with van der Waals surface area (Å²) in [5.41, 5.74) is 5.42. The number of amides is 1. The standard InChI is InChI=1S/C12H24N2O2/c1-5-16-10-6-9(10)11(15)14-12(4,7-13)8(2)3/h8-10H,5-7,13H2,1-4H3,(H,14,15). The molecule has 0 aromatic heterocycles. The third kappa shape index (κ3) is 2.95. The zero-order chi connectivity index (χ0) is 12.3. The Morgan fingerprint density at radius 3 is 2.69 bits per heavy atom. The molecule has 94 valence electrons. The molecule has 4 nitrogen and oxygen atoms in total. The van der Waals surface area contributed by atoms with Crippen LogP contribution in [0.3, 0.4) is 0 Å². The van der Waals surface area contributed by atoms with Crippen LogP contribution in [0.1, 0.15) is 34.1 Å². The van der Waals surface area contributed by atoms with Gasteiger partial charge in [0, 0.05) is 13.2 Å². The Morgan fingerprint density at radius 1 is 1.62 bits per heavy atom. The molecule has 1 aliphatic carbocycles. The van der Waals surface area contributed by atoms with Crippen molar-refractivity contribution in [2.75, 3.05) is 13.2 Å².